The lowest BCUT2D eigenvalue weighted by atomic mass is 9.98. The van der Waals surface area contributed by atoms with Crippen LogP contribution in [0.25, 0.3) is 0 Å². The minimum atomic E-state index is -1.00. The first kappa shape index (κ1) is 14.2. The van der Waals surface area contributed by atoms with Gasteiger partial charge in [-0.05, 0) is 11.1 Å². The monoisotopic (exact) mass is 270 g/mol. The lowest BCUT2D eigenvalue weighted by molar-refractivity contribution is -0.138. The Bertz CT molecular complexity index is 503. The van der Waals surface area contributed by atoms with Gasteiger partial charge in [0.05, 0.1) is 6.04 Å². The molecule has 2 aromatic carbocycles. The summed E-state index contributed by atoms with van der Waals surface area (Å²) in [6.07, 6.45) is 0. The first-order chi connectivity index (χ1) is 9.68. The second kappa shape index (κ2) is 6.84. The maximum absolute atomic E-state index is 10.8. The van der Waals surface area contributed by atoms with E-state index in [1.807, 2.05) is 60.7 Å². The van der Waals surface area contributed by atoms with Gasteiger partial charge in [-0.1, -0.05) is 60.7 Å². The SMILES string of the molecule is NC(CNC(c1ccccc1)c1ccccc1)C(=O)O. The second-order valence-electron chi connectivity index (χ2n) is 4.61. The standard InChI is InChI=1S/C16H18N2O2/c17-14(16(19)20)11-18-15(12-7-3-1-4-8-12)13-9-5-2-6-10-13/h1-10,14-15,18H,11,17H2,(H,19,20). The van der Waals surface area contributed by atoms with E-state index in [0.29, 0.717) is 0 Å². The Labute approximate surface area is 118 Å². The molecule has 0 saturated heterocycles. The van der Waals surface area contributed by atoms with Crippen LogP contribution in [0.1, 0.15) is 17.2 Å². The first-order valence-corrected chi connectivity index (χ1v) is 6.50. The van der Waals surface area contributed by atoms with Crippen LogP contribution in [-0.2, 0) is 4.79 Å². The normalized spacial score (nSPS) is 12.3. The minimum Gasteiger partial charge on any atom is -0.480 e. The van der Waals surface area contributed by atoms with Crippen molar-refractivity contribution < 1.29 is 9.90 Å². The summed E-state index contributed by atoms with van der Waals surface area (Å²) in [7, 11) is 0. The molecule has 0 aliphatic heterocycles. The summed E-state index contributed by atoms with van der Waals surface area (Å²) in [5.74, 6) is -1.00. The largest absolute Gasteiger partial charge is 0.480 e. The van der Waals surface area contributed by atoms with Crippen LogP contribution < -0.4 is 11.1 Å². The number of carbonyl (C=O) groups is 1. The zero-order valence-electron chi connectivity index (χ0n) is 11.1. The molecule has 0 heterocycles. The van der Waals surface area contributed by atoms with E-state index in [1.54, 1.807) is 0 Å². The fourth-order valence-corrected chi connectivity index (χ4v) is 2.05. The van der Waals surface area contributed by atoms with Crippen molar-refractivity contribution in [3.8, 4) is 0 Å². The summed E-state index contributed by atoms with van der Waals surface area (Å²) in [5, 5.41) is 12.1. The molecule has 0 aliphatic carbocycles. The summed E-state index contributed by atoms with van der Waals surface area (Å²) in [6, 6.07) is 18.8. The number of aliphatic carboxylic acids is 1. The molecule has 1 atom stereocenters. The summed E-state index contributed by atoms with van der Waals surface area (Å²) < 4.78 is 0. The molecule has 0 fully saturated rings. The van der Waals surface area contributed by atoms with Gasteiger partial charge in [-0.15, -0.1) is 0 Å². The summed E-state index contributed by atoms with van der Waals surface area (Å²) >= 11 is 0. The van der Waals surface area contributed by atoms with E-state index >= 15 is 0 Å². The Balaban J connectivity index is 2.19. The van der Waals surface area contributed by atoms with Crippen LogP contribution >= 0.6 is 0 Å². The van der Waals surface area contributed by atoms with E-state index < -0.39 is 12.0 Å². The Morgan fingerprint density at radius 2 is 1.45 bits per heavy atom. The fraction of sp³-hybridized carbons (Fsp3) is 0.188. The predicted molar refractivity (Wildman–Crippen MR) is 78.3 cm³/mol. The number of nitrogens with one attached hydrogen (secondary N) is 1. The van der Waals surface area contributed by atoms with Crippen molar-refractivity contribution in [1.29, 1.82) is 0 Å². The molecule has 1 unspecified atom stereocenters. The number of carboxylic acid groups (broad SMARTS) is 1. The van der Waals surface area contributed by atoms with Crippen molar-refractivity contribution in [3.05, 3.63) is 71.8 Å². The van der Waals surface area contributed by atoms with Crippen molar-refractivity contribution in [2.75, 3.05) is 6.54 Å². The molecule has 0 radical (unpaired) electrons. The molecule has 0 spiro atoms. The van der Waals surface area contributed by atoms with Crippen molar-refractivity contribution >= 4 is 5.97 Å². The first-order valence-electron chi connectivity index (χ1n) is 6.50. The van der Waals surface area contributed by atoms with Gasteiger partial charge in [0, 0.05) is 6.54 Å². The zero-order valence-corrected chi connectivity index (χ0v) is 11.1. The van der Waals surface area contributed by atoms with Gasteiger partial charge in [0.1, 0.15) is 6.04 Å². The Hall–Kier alpha value is -2.17. The highest BCUT2D eigenvalue weighted by atomic mass is 16.4. The smallest absolute Gasteiger partial charge is 0.321 e. The van der Waals surface area contributed by atoms with Gasteiger partial charge in [0.15, 0.2) is 0 Å². The molecule has 4 nitrogen and oxygen atoms in total. The van der Waals surface area contributed by atoms with Gasteiger partial charge in [-0.25, -0.2) is 0 Å². The molecule has 20 heavy (non-hydrogen) atoms. The molecule has 2 rings (SSSR count). The molecule has 0 bridgehead atoms. The molecule has 4 N–H and O–H groups in total. The van der Waals surface area contributed by atoms with Gasteiger partial charge in [-0.3, -0.25) is 4.79 Å². The quantitative estimate of drug-likeness (QED) is 0.748. The molecule has 0 aliphatic rings. The lowest BCUT2D eigenvalue weighted by Gasteiger charge is -2.21. The maximum Gasteiger partial charge on any atom is 0.321 e. The lowest BCUT2D eigenvalue weighted by Crippen LogP contribution is -2.41. The molecule has 0 aromatic heterocycles. The van der Waals surface area contributed by atoms with Crippen LogP contribution in [0, 0.1) is 0 Å². The number of hydrogen-bond acceptors (Lipinski definition) is 3. The maximum atomic E-state index is 10.8. The predicted octanol–water partition coefficient (Wildman–Crippen LogP) is 1.78. The van der Waals surface area contributed by atoms with Crippen molar-refractivity contribution in [3.63, 3.8) is 0 Å². The van der Waals surface area contributed by atoms with Gasteiger partial charge < -0.3 is 16.2 Å². The topological polar surface area (TPSA) is 75.3 Å². The van der Waals surface area contributed by atoms with Gasteiger partial charge >= 0.3 is 5.97 Å². The van der Waals surface area contributed by atoms with Crippen LogP contribution in [-0.4, -0.2) is 23.7 Å². The van der Waals surface area contributed by atoms with Crippen LogP contribution in [0.5, 0.6) is 0 Å². The van der Waals surface area contributed by atoms with E-state index in [4.69, 9.17) is 10.8 Å². The number of rotatable bonds is 6. The van der Waals surface area contributed by atoms with Crippen LogP contribution in [0.3, 0.4) is 0 Å². The van der Waals surface area contributed by atoms with E-state index in [1.165, 1.54) is 0 Å². The molecular formula is C16H18N2O2. The highest BCUT2D eigenvalue weighted by Crippen LogP contribution is 2.21. The summed E-state index contributed by atoms with van der Waals surface area (Å²) in [5.41, 5.74) is 7.72. The molecule has 104 valence electrons. The Morgan fingerprint density at radius 1 is 1.00 bits per heavy atom. The third-order valence-electron chi connectivity index (χ3n) is 3.12. The van der Waals surface area contributed by atoms with Crippen molar-refractivity contribution in [2.45, 2.75) is 12.1 Å². The van der Waals surface area contributed by atoms with Crippen LogP contribution in [0.2, 0.25) is 0 Å². The van der Waals surface area contributed by atoms with Crippen LogP contribution in [0.4, 0.5) is 0 Å². The Kier molecular flexibility index (Phi) is 4.87. The highest BCUT2D eigenvalue weighted by molar-refractivity contribution is 5.73. The summed E-state index contributed by atoms with van der Waals surface area (Å²) in [6.45, 7) is 0.212. The second-order valence-corrected chi connectivity index (χ2v) is 4.61. The van der Waals surface area contributed by atoms with E-state index in [2.05, 4.69) is 5.32 Å². The van der Waals surface area contributed by atoms with E-state index in [-0.39, 0.29) is 12.6 Å². The number of nitrogens with two attached hydrogens (primary N) is 1. The summed E-state index contributed by atoms with van der Waals surface area (Å²) in [4.78, 5) is 10.8. The van der Waals surface area contributed by atoms with Crippen molar-refractivity contribution in [1.82, 2.24) is 5.32 Å². The average Bonchev–Trinajstić information content (AvgIpc) is 2.49. The fourth-order valence-electron chi connectivity index (χ4n) is 2.05. The Morgan fingerprint density at radius 3 is 1.85 bits per heavy atom. The molecular weight excluding hydrogens is 252 g/mol. The van der Waals surface area contributed by atoms with Gasteiger partial charge in [0.2, 0.25) is 0 Å². The van der Waals surface area contributed by atoms with E-state index in [9.17, 15) is 4.79 Å². The minimum absolute atomic E-state index is 0.0669. The third kappa shape index (κ3) is 3.66. The average molecular weight is 270 g/mol. The highest BCUT2D eigenvalue weighted by Gasteiger charge is 2.17. The number of hydrogen-bond donors (Lipinski definition) is 3. The molecule has 2 aromatic rings. The molecule has 0 amide bonds. The van der Waals surface area contributed by atoms with Crippen LogP contribution in [0.15, 0.2) is 60.7 Å². The van der Waals surface area contributed by atoms with Gasteiger partial charge in [0.25, 0.3) is 0 Å². The van der Waals surface area contributed by atoms with E-state index in [0.717, 1.165) is 11.1 Å². The van der Waals surface area contributed by atoms with Gasteiger partial charge in [-0.2, -0.15) is 0 Å². The van der Waals surface area contributed by atoms with Crippen molar-refractivity contribution in [2.24, 2.45) is 5.73 Å². The zero-order chi connectivity index (χ0) is 14.4. The number of benzene rings is 2. The molecule has 4 heteroatoms. The third-order valence-corrected chi connectivity index (χ3v) is 3.12. The number of carboxylic acids is 1. The molecule has 0 saturated carbocycles.